The maximum atomic E-state index is 12.0. The average Bonchev–Trinajstić information content (AvgIpc) is 3.42. The van der Waals surface area contributed by atoms with Crippen LogP contribution in [0.3, 0.4) is 0 Å². The third-order valence-corrected chi connectivity index (χ3v) is 6.29. The Bertz CT molecular complexity index is 1300. The van der Waals surface area contributed by atoms with Crippen LogP contribution in [0.15, 0.2) is 42.7 Å². The molecular weight excluding hydrogens is 416 g/mol. The number of aryl methyl sites for hydroxylation is 1. The minimum atomic E-state index is 0.255. The number of carbonyl (C=O) groups is 1. The molecule has 3 aromatic heterocycles. The zero-order valence-corrected chi connectivity index (χ0v) is 18.8. The number of methoxy groups -OCH3 is 1. The Balaban J connectivity index is 1.60. The lowest BCUT2D eigenvalue weighted by atomic mass is 10.0. The van der Waals surface area contributed by atoms with Gasteiger partial charge in [0.25, 0.3) is 0 Å². The predicted molar refractivity (Wildman–Crippen MR) is 129 cm³/mol. The minimum Gasteiger partial charge on any atom is -0.384 e. The number of rotatable bonds is 8. The number of fused-ring (bicyclic) bond motifs is 3. The Hall–Kier alpha value is -3.52. The number of anilines is 1. The molecule has 0 unspecified atom stereocenters. The van der Waals surface area contributed by atoms with E-state index in [0.29, 0.717) is 30.8 Å². The molecule has 8 heteroatoms. The average molecular weight is 445 g/mol. The summed E-state index contributed by atoms with van der Waals surface area (Å²) in [4.78, 5) is 27.8. The third-order valence-electron chi connectivity index (χ3n) is 6.29. The number of aromatic nitrogens is 4. The number of ether oxygens (including phenoxy) is 1. The van der Waals surface area contributed by atoms with Crippen molar-refractivity contribution < 1.29 is 9.53 Å². The van der Waals surface area contributed by atoms with Gasteiger partial charge in [0.1, 0.15) is 11.3 Å². The summed E-state index contributed by atoms with van der Waals surface area (Å²) in [6.07, 6.45) is 6.78. The molecule has 0 radical (unpaired) electrons. The van der Waals surface area contributed by atoms with E-state index < -0.39 is 0 Å². The molecule has 0 atom stereocenters. The molecule has 0 saturated carbocycles. The molecule has 1 aliphatic rings. The van der Waals surface area contributed by atoms with Gasteiger partial charge in [-0.1, -0.05) is 12.1 Å². The number of pyridine rings is 2. The minimum absolute atomic E-state index is 0.255. The zero-order chi connectivity index (χ0) is 22.8. The first-order valence-electron chi connectivity index (χ1n) is 11.4. The summed E-state index contributed by atoms with van der Waals surface area (Å²) in [6, 6.07) is 10.2. The van der Waals surface area contributed by atoms with Gasteiger partial charge in [0.15, 0.2) is 5.82 Å². The van der Waals surface area contributed by atoms with Gasteiger partial charge in [-0.05, 0) is 36.6 Å². The highest BCUT2D eigenvalue weighted by Gasteiger charge is 2.21. The van der Waals surface area contributed by atoms with Crippen molar-refractivity contribution in [2.45, 2.75) is 32.2 Å². The highest BCUT2D eigenvalue weighted by Crippen LogP contribution is 2.32. The molecule has 1 aromatic carbocycles. The first kappa shape index (κ1) is 21.3. The maximum absolute atomic E-state index is 12.0. The van der Waals surface area contributed by atoms with Crippen LogP contribution in [-0.2, 0) is 22.5 Å². The van der Waals surface area contributed by atoms with Gasteiger partial charge in [-0.3, -0.25) is 9.78 Å². The topological polar surface area (TPSA) is 99.2 Å². The van der Waals surface area contributed by atoms with Crippen LogP contribution in [0.2, 0.25) is 0 Å². The van der Waals surface area contributed by atoms with Crippen LogP contribution in [0.4, 0.5) is 5.82 Å². The van der Waals surface area contributed by atoms with Gasteiger partial charge in [0.05, 0.1) is 17.6 Å². The molecule has 170 valence electrons. The molecule has 8 nitrogen and oxygen atoms in total. The van der Waals surface area contributed by atoms with Gasteiger partial charge in [0.2, 0.25) is 5.91 Å². The summed E-state index contributed by atoms with van der Waals surface area (Å²) < 4.78 is 7.57. The molecule has 1 saturated heterocycles. The van der Waals surface area contributed by atoms with Gasteiger partial charge < -0.3 is 19.9 Å². The molecule has 0 bridgehead atoms. The van der Waals surface area contributed by atoms with Crippen molar-refractivity contribution in [3.63, 3.8) is 0 Å². The van der Waals surface area contributed by atoms with E-state index in [-0.39, 0.29) is 5.91 Å². The van der Waals surface area contributed by atoms with Crippen molar-refractivity contribution in [3.05, 3.63) is 48.5 Å². The first-order valence-corrected chi connectivity index (χ1v) is 11.4. The number of nitrogens with zero attached hydrogens (tertiary/aromatic N) is 5. The van der Waals surface area contributed by atoms with E-state index in [1.54, 1.807) is 13.3 Å². The maximum Gasteiger partial charge on any atom is 0.222 e. The first-order chi connectivity index (χ1) is 16.2. The Labute approximate surface area is 192 Å². The Morgan fingerprint density at radius 3 is 2.82 bits per heavy atom. The van der Waals surface area contributed by atoms with Crippen LogP contribution in [0, 0.1) is 0 Å². The third kappa shape index (κ3) is 4.14. The molecule has 4 aromatic rings. The largest absolute Gasteiger partial charge is 0.384 e. The number of benzene rings is 1. The number of likely N-dealkylation sites (tertiary alicyclic amines) is 1. The van der Waals surface area contributed by atoms with Crippen molar-refractivity contribution in [1.29, 1.82) is 0 Å². The molecule has 4 heterocycles. The summed E-state index contributed by atoms with van der Waals surface area (Å²) in [7, 11) is 1.69. The second kappa shape index (κ2) is 9.15. The summed E-state index contributed by atoms with van der Waals surface area (Å²) in [6.45, 7) is 2.92. The van der Waals surface area contributed by atoms with Crippen molar-refractivity contribution in [2.24, 2.45) is 0 Å². The van der Waals surface area contributed by atoms with Crippen LogP contribution in [-0.4, -0.2) is 57.1 Å². The fraction of sp³-hybridized carbons (Fsp3) is 0.360. The molecule has 5 rings (SSSR count). The zero-order valence-electron chi connectivity index (χ0n) is 18.8. The Kier molecular flexibility index (Phi) is 5.92. The van der Waals surface area contributed by atoms with E-state index in [2.05, 4.69) is 20.6 Å². The standard InChI is InChI=1S/C25H28N6O2/c1-33-14-9-21-29-23-24(31(21)13-4-12-30-11-3-6-22(30)32)19-15-17(18-5-2-10-27-16-18)7-8-20(19)28-25(23)26/h2,5,7-8,10,15-16H,3-4,6,9,11-14H2,1H3,(H2,26,28). The van der Waals surface area contributed by atoms with Crippen LogP contribution in [0.1, 0.15) is 25.1 Å². The monoisotopic (exact) mass is 444 g/mol. The number of nitrogen functional groups attached to an aromatic ring is 1. The molecule has 1 amide bonds. The highest BCUT2D eigenvalue weighted by atomic mass is 16.5. The molecule has 33 heavy (non-hydrogen) atoms. The van der Waals surface area contributed by atoms with Crippen molar-refractivity contribution in [3.8, 4) is 11.1 Å². The van der Waals surface area contributed by atoms with Gasteiger partial charge in [-0.2, -0.15) is 0 Å². The molecular formula is C25H28N6O2. The fourth-order valence-electron chi connectivity index (χ4n) is 4.66. The molecule has 1 fully saturated rings. The van der Waals surface area contributed by atoms with E-state index in [0.717, 1.165) is 65.8 Å². The van der Waals surface area contributed by atoms with Gasteiger partial charge in [-0.15, -0.1) is 0 Å². The number of hydrogen-bond acceptors (Lipinski definition) is 6. The van der Waals surface area contributed by atoms with E-state index in [4.69, 9.17) is 15.5 Å². The number of nitrogens with two attached hydrogens (primary N) is 1. The molecule has 2 N–H and O–H groups in total. The summed E-state index contributed by atoms with van der Waals surface area (Å²) in [5, 5.41) is 1.01. The summed E-state index contributed by atoms with van der Waals surface area (Å²) in [5.41, 5.74) is 11.0. The lowest BCUT2D eigenvalue weighted by molar-refractivity contribution is -0.127. The summed E-state index contributed by atoms with van der Waals surface area (Å²) in [5.74, 6) is 1.61. The van der Waals surface area contributed by atoms with Gasteiger partial charge >= 0.3 is 0 Å². The lowest BCUT2D eigenvalue weighted by Crippen LogP contribution is -2.26. The number of imidazole rings is 1. The Morgan fingerprint density at radius 2 is 2.06 bits per heavy atom. The Morgan fingerprint density at radius 1 is 1.15 bits per heavy atom. The van der Waals surface area contributed by atoms with Gasteiger partial charge in [0, 0.05) is 62.9 Å². The normalized spacial score (nSPS) is 14.1. The van der Waals surface area contributed by atoms with Crippen LogP contribution in [0.25, 0.3) is 33.1 Å². The SMILES string of the molecule is COCCc1nc2c(N)nc3ccc(-c4cccnc4)cc3c2n1CCCN1CCCC1=O. The van der Waals surface area contributed by atoms with E-state index >= 15 is 0 Å². The molecule has 1 aliphatic heterocycles. The van der Waals surface area contributed by atoms with E-state index in [9.17, 15) is 4.79 Å². The van der Waals surface area contributed by atoms with Crippen LogP contribution < -0.4 is 5.73 Å². The van der Waals surface area contributed by atoms with E-state index in [1.165, 1.54) is 0 Å². The van der Waals surface area contributed by atoms with Gasteiger partial charge in [-0.25, -0.2) is 9.97 Å². The number of hydrogen-bond donors (Lipinski definition) is 1. The second-order valence-electron chi connectivity index (χ2n) is 8.43. The van der Waals surface area contributed by atoms with Crippen molar-refractivity contribution >= 4 is 33.7 Å². The lowest BCUT2D eigenvalue weighted by Gasteiger charge is -2.17. The summed E-state index contributed by atoms with van der Waals surface area (Å²) >= 11 is 0. The van der Waals surface area contributed by atoms with Crippen molar-refractivity contribution in [1.82, 2.24) is 24.4 Å². The second-order valence-corrected chi connectivity index (χ2v) is 8.43. The number of carbonyl (C=O) groups excluding carboxylic acids is 1. The predicted octanol–water partition coefficient (Wildman–Crippen LogP) is 3.43. The molecule has 0 spiro atoms. The number of amides is 1. The quantitative estimate of drug-likeness (QED) is 0.447. The smallest absolute Gasteiger partial charge is 0.222 e. The van der Waals surface area contributed by atoms with Crippen LogP contribution >= 0.6 is 0 Å². The fourth-order valence-corrected chi connectivity index (χ4v) is 4.66. The van der Waals surface area contributed by atoms with E-state index in [1.807, 2.05) is 35.4 Å². The van der Waals surface area contributed by atoms with Crippen LogP contribution in [0.5, 0.6) is 0 Å². The van der Waals surface area contributed by atoms with Crippen molar-refractivity contribution in [2.75, 3.05) is 32.5 Å². The highest BCUT2D eigenvalue weighted by molar-refractivity contribution is 6.07. The molecule has 0 aliphatic carbocycles.